The third-order valence-corrected chi connectivity index (χ3v) is 6.44. The van der Waals surface area contributed by atoms with Crippen LogP contribution in [-0.2, 0) is 21.4 Å². The van der Waals surface area contributed by atoms with Gasteiger partial charge in [0, 0.05) is 23.3 Å². The molecule has 0 spiro atoms. The Labute approximate surface area is 178 Å². The number of carbonyl (C=O) groups is 1. The van der Waals surface area contributed by atoms with Crippen molar-refractivity contribution in [3.63, 3.8) is 0 Å². The first-order chi connectivity index (χ1) is 13.9. The number of thioether (sulfide) groups is 1. The first-order valence-electron chi connectivity index (χ1n) is 10.4. The van der Waals surface area contributed by atoms with Crippen molar-refractivity contribution in [2.45, 2.75) is 70.1 Å². The summed E-state index contributed by atoms with van der Waals surface area (Å²) in [6.45, 7) is 9.04. The van der Waals surface area contributed by atoms with E-state index in [2.05, 4.69) is 44.7 Å². The number of carbonyl (C=O) groups excluding carboxylic acids is 1. The van der Waals surface area contributed by atoms with E-state index in [1.165, 1.54) is 28.2 Å². The average Bonchev–Trinajstić information content (AvgIpc) is 3.12. The summed E-state index contributed by atoms with van der Waals surface area (Å²) in [6, 6.07) is 8.46. The van der Waals surface area contributed by atoms with E-state index < -0.39 is 0 Å². The lowest BCUT2D eigenvalue weighted by Crippen LogP contribution is -2.23. The number of hydrogen-bond donors (Lipinski definition) is 0. The normalized spacial score (nSPS) is 14.6. The molecular formula is C25H30O3S. The molecule has 1 aliphatic heterocycles. The van der Waals surface area contributed by atoms with Crippen LogP contribution in [0.25, 0.3) is 0 Å². The van der Waals surface area contributed by atoms with E-state index in [9.17, 15) is 4.79 Å². The smallest absolute Gasteiger partial charge is 0.305 e. The van der Waals surface area contributed by atoms with Crippen molar-refractivity contribution >= 4 is 17.7 Å². The molecule has 4 heteroatoms. The van der Waals surface area contributed by atoms with Gasteiger partial charge in [0.05, 0.1) is 6.61 Å². The number of aryl methyl sites for hydroxylation is 2. The molecule has 1 aromatic heterocycles. The minimum Gasteiger partial charge on any atom is -0.466 e. The van der Waals surface area contributed by atoms with E-state index in [0.29, 0.717) is 18.8 Å². The predicted molar refractivity (Wildman–Crippen MR) is 118 cm³/mol. The van der Waals surface area contributed by atoms with Crippen LogP contribution in [0.1, 0.15) is 74.7 Å². The number of benzene rings is 1. The fraction of sp³-hybridized carbons (Fsp3) is 0.480. The molecule has 0 N–H and O–H groups in total. The predicted octanol–water partition coefficient (Wildman–Crippen LogP) is 6.04. The van der Waals surface area contributed by atoms with Crippen molar-refractivity contribution < 1.29 is 13.9 Å². The summed E-state index contributed by atoms with van der Waals surface area (Å²) in [4.78, 5) is 12.8. The molecule has 2 heterocycles. The van der Waals surface area contributed by atoms with Crippen LogP contribution in [-0.4, -0.2) is 18.3 Å². The van der Waals surface area contributed by atoms with Crippen LogP contribution < -0.4 is 0 Å². The molecule has 0 saturated carbocycles. The second-order valence-electron chi connectivity index (χ2n) is 8.17. The summed E-state index contributed by atoms with van der Waals surface area (Å²) >= 11 is 1.95. The highest BCUT2D eigenvalue weighted by molar-refractivity contribution is 7.99. The summed E-state index contributed by atoms with van der Waals surface area (Å²) in [5.74, 6) is 9.16. The molecular weight excluding hydrogens is 380 g/mol. The Balaban J connectivity index is 1.63. The highest BCUT2D eigenvalue weighted by Gasteiger charge is 2.28. The van der Waals surface area contributed by atoms with E-state index >= 15 is 0 Å². The Bertz CT molecular complexity index is 927. The van der Waals surface area contributed by atoms with Crippen LogP contribution in [0, 0.1) is 18.8 Å². The first-order valence-corrected chi connectivity index (χ1v) is 11.4. The molecule has 1 aliphatic rings. The molecule has 3 nitrogen and oxygen atoms in total. The van der Waals surface area contributed by atoms with Crippen LogP contribution in [0.15, 0.2) is 33.6 Å². The Kier molecular flexibility index (Phi) is 7.14. The highest BCUT2D eigenvalue weighted by Crippen LogP contribution is 2.42. The zero-order valence-corrected chi connectivity index (χ0v) is 18.7. The van der Waals surface area contributed by atoms with Gasteiger partial charge in [-0.3, -0.25) is 4.79 Å². The van der Waals surface area contributed by atoms with Gasteiger partial charge in [-0.15, -0.1) is 11.8 Å². The Morgan fingerprint density at radius 3 is 2.86 bits per heavy atom. The molecule has 0 fully saturated rings. The van der Waals surface area contributed by atoms with Gasteiger partial charge in [0.2, 0.25) is 0 Å². The maximum atomic E-state index is 11.4. The van der Waals surface area contributed by atoms with Gasteiger partial charge in [0.25, 0.3) is 0 Å². The molecule has 2 aromatic rings. The lowest BCUT2D eigenvalue weighted by Gasteiger charge is -2.32. The van der Waals surface area contributed by atoms with E-state index in [1.807, 2.05) is 30.8 Å². The maximum absolute atomic E-state index is 11.4. The SMILES string of the molecule is CCOC(=O)CCCCc1ccc(C#Cc2cc3c(cc2C)SCCC3(C)C)o1. The standard InChI is InChI=1S/C25H30O3S/c1-5-27-24(26)9-7-6-8-20-12-13-21(28-20)11-10-19-17-22-23(16-18(19)2)29-15-14-25(22,3)4/h12-13,16-17H,5-9,14-15H2,1-4H3. The average molecular weight is 411 g/mol. The second-order valence-corrected chi connectivity index (χ2v) is 9.31. The summed E-state index contributed by atoms with van der Waals surface area (Å²) in [5, 5.41) is 0. The molecule has 154 valence electrons. The first kappa shape index (κ1) is 21.6. The van der Waals surface area contributed by atoms with Crippen LogP contribution >= 0.6 is 11.8 Å². The van der Waals surface area contributed by atoms with Crippen LogP contribution in [0.5, 0.6) is 0 Å². The highest BCUT2D eigenvalue weighted by atomic mass is 32.2. The van der Waals surface area contributed by atoms with E-state index in [-0.39, 0.29) is 11.4 Å². The third kappa shape index (κ3) is 5.70. The second kappa shape index (κ2) is 9.59. The van der Waals surface area contributed by atoms with Crippen molar-refractivity contribution in [3.8, 4) is 11.8 Å². The molecule has 0 saturated heterocycles. The summed E-state index contributed by atoms with van der Waals surface area (Å²) in [6.07, 6.45) is 4.18. The minimum atomic E-state index is -0.125. The van der Waals surface area contributed by atoms with Crippen molar-refractivity contribution in [2.24, 2.45) is 0 Å². The quantitative estimate of drug-likeness (QED) is 0.331. The summed E-state index contributed by atoms with van der Waals surface area (Å²) in [5.41, 5.74) is 3.90. The maximum Gasteiger partial charge on any atom is 0.305 e. The fourth-order valence-electron chi connectivity index (χ4n) is 3.53. The number of furan rings is 1. The van der Waals surface area contributed by atoms with Crippen LogP contribution in [0.4, 0.5) is 0 Å². The minimum absolute atomic E-state index is 0.125. The lowest BCUT2D eigenvalue weighted by atomic mass is 9.80. The van der Waals surface area contributed by atoms with Gasteiger partial charge >= 0.3 is 5.97 Å². The Morgan fingerprint density at radius 2 is 2.07 bits per heavy atom. The van der Waals surface area contributed by atoms with Gasteiger partial charge < -0.3 is 9.15 Å². The zero-order valence-electron chi connectivity index (χ0n) is 17.9. The van der Waals surface area contributed by atoms with Crippen LogP contribution in [0.3, 0.4) is 0 Å². The summed E-state index contributed by atoms with van der Waals surface area (Å²) in [7, 11) is 0. The molecule has 0 amide bonds. The molecule has 0 unspecified atom stereocenters. The molecule has 0 atom stereocenters. The lowest BCUT2D eigenvalue weighted by molar-refractivity contribution is -0.143. The van der Waals surface area contributed by atoms with E-state index in [4.69, 9.17) is 9.15 Å². The van der Waals surface area contributed by atoms with E-state index in [0.717, 1.165) is 30.6 Å². The van der Waals surface area contributed by atoms with Crippen LogP contribution in [0.2, 0.25) is 0 Å². The number of hydrogen-bond acceptors (Lipinski definition) is 4. The number of esters is 1. The zero-order chi connectivity index (χ0) is 20.9. The van der Waals surface area contributed by atoms with Gasteiger partial charge in [0.1, 0.15) is 5.76 Å². The number of rotatable bonds is 6. The van der Waals surface area contributed by atoms with E-state index in [1.54, 1.807) is 0 Å². The van der Waals surface area contributed by atoms with Crippen molar-refractivity contribution in [2.75, 3.05) is 12.4 Å². The van der Waals surface area contributed by atoms with Crippen molar-refractivity contribution in [3.05, 3.63) is 52.5 Å². The molecule has 1 aromatic carbocycles. The van der Waals surface area contributed by atoms with Crippen molar-refractivity contribution in [1.29, 1.82) is 0 Å². The van der Waals surface area contributed by atoms with Gasteiger partial charge in [-0.2, -0.15) is 0 Å². The number of ether oxygens (including phenoxy) is 1. The van der Waals surface area contributed by atoms with Gasteiger partial charge in [-0.25, -0.2) is 0 Å². The molecule has 29 heavy (non-hydrogen) atoms. The van der Waals surface area contributed by atoms with Crippen molar-refractivity contribution in [1.82, 2.24) is 0 Å². The Hall–Kier alpha value is -2.12. The third-order valence-electron chi connectivity index (χ3n) is 5.38. The number of unbranched alkanes of at least 4 members (excludes halogenated alkanes) is 1. The fourth-order valence-corrected chi connectivity index (χ4v) is 5.11. The molecule has 3 rings (SSSR count). The molecule has 0 aliphatic carbocycles. The van der Waals surface area contributed by atoms with Gasteiger partial charge in [-0.05, 0) is 85.6 Å². The largest absolute Gasteiger partial charge is 0.466 e. The topological polar surface area (TPSA) is 39.4 Å². The van der Waals surface area contributed by atoms with Gasteiger partial charge in [0.15, 0.2) is 5.76 Å². The summed E-state index contributed by atoms with van der Waals surface area (Å²) < 4.78 is 10.8. The molecule has 0 radical (unpaired) electrons. The number of fused-ring (bicyclic) bond motifs is 1. The van der Waals surface area contributed by atoms with Gasteiger partial charge in [-0.1, -0.05) is 19.8 Å². The Morgan fingerprint density at radius 1 is 1.24 bits per heavy atom. The monoisotopic (exact) mass is 410 g/mol. The molecule has 0 bridgehead atoms.